The van der Waals surface area contributed by atoms with Crippen LogP contribution in [0.1, 0.15) is 30.8 Å². The molecule has 0 saturated carbocycles. The number of anilines is 1. The molecule has 9 heteroatoms. The van der Waals surface area contributed by atoms with Gasteiger partial charge in [0.15, 0.2) is 0 Å². The normalized spacial score (nSPS) is 10.9. The Bertz CT molecular complexity index is 1140. The van der Waals surface area contributed by atoms with Gasteiger partial charge < -0.3 is 10.6 Å². The molecular formula is C22H22Cl2N4O3. The van der Waals surface area contributed by atoms with E-state index in [9.17, 15) is 14.4 Å². The number of hydrogen-bond donors (Lipinski definition) is 3. The van der Waals surface area contributed by atoms with Crippen LogP contribution in [0.25, 0.3) is 10.9 Å². The summed E-state index contributed by atoms with van der Waals surface area (Å²) in [5.41, 5.74) is 3.54. The summed E-state index contributed by atoms with van der Waals surface area (Å²) in [5.74, 6) is -1.79. The summed E-state index contributed by atoms with van der Waals surface area (Å²) in [5, 5.41) is 6.76. The van der Waals surface area contributed by atoms with Gasteiger partial charge in [0, 0.05) is 17.0 Å². The SMILES string of the molecule is CC(C)CCNC(=O)C(=O)Nn1c(C(=O)Nc2ccccc2Cl)cc2cc(Cl)ccc21. The zero-order valence-corrected chi connectivity index (χ0v) is 18.6. The zero-order chi connectivity index (χ0) is 22.5. The van der Waals surface area contributed by atoms with Crippen LogP contribution in [0.3, 0.4) is 0 Å². The number of carbonyl (C=O) groups is 3. The Labute approximate surface area is 189 Å². The summed E-state index contributed by atoms with van der Waals surface area (Å²) >= 11 is 12.2. The van der Waals surface area contributed by atoms with E-state index >= 15 is 0 Å². The zero-order valence-electron chi connectivity index (χ0n) is 17.0. The van der Waals surface area contributed by atoms with Gasteiger partial charge in [-0.2, -0.15) is 0 Å². The van der Waals surface area contributed by atoms with Crippen molar-refractivity contribution in [3.8, 4) is 0 Å². The van der Waals surface area contributed by atoms with Crippen LogP contribution in [0.2, 0.25) is 10.0 Å². The third kappa shape index (κ3) is 5.57. The van der Waals surface area contributed by atoms with E-state index in [0.29, 0.717) is 39.1 Å². The minimum Gasteiger partial charge on any atom is -0.348 e. The molecule has 0 aliphatic heterocycles. The molecule has 3 rings (SSSR count). The Kier molecular flexibility index (Phi) is 7.20. The average molecular weight is 461 g/mol. The highest BCUT2D eigenvalue weighted by Crippen LogP contribution is 2.25. The molecule has 3 amide bonds. The number of halogens is 2. The van der Waals surface area contributed by atoms with E-state index in [1.165, 1.54) is 4.68 Å². The number of nitrogens with one attached hydrogen (secondary N) is 3. The number of aromatic nitrogens is 1. The third-order valence-corrected chi connectivity index (χ3v) is 5.11. The van der Waals surface area contributed by atoms with Crippen LogP contribution < -0.4 is 16.1 Å². The van der Waals surface area contributed by atoms with Crippen molar-refractivity contribution in [2.75, 3.05) is 17.3 Å². The molecule has 0 aliphatic carbocycles. The van der Waals surface area contributed by atoms with E-state index < -0.39 is 17.7 Å². The van der Waals surface area contributed by atoms with Gasteiger partial charge in [-0.3, -0.25) is 19.8 Å². The van der Waals surface area contributed by atoms with Crippen molar-refractivity contribution in [1.29, 1.82) is 0 Å². The van der Waals surface area contributed by atoms with Gasteiger partial charge in [0.25, 0.3) is 5.91 Å². The number of hydrogen-bond acceptors (Lipinski definition) is 3. The molecule has 0 saturated heterocycles. The highest BCUT2D eigenvalue weighted by Gasteiger charge is 2.21. The number of rotatable bonds is 6. The summed E-state index contributed by atoms with van der Waals surface area (Å²) in [6.07, 6.45) is 0.745. The van der Waals surface area contributed by atoms with Crippen molar-refractivity contribution in [3.05, 3.63) is 64.3 Å². The molecule has 1 heterocycles. The summed E-state index contributed by atoms with van der Waals surface area (Å²) in [4.78, 5) is 37.6. The number of carbonyl (C=O) groups excluding carboxylic acids is 3. The molecule has 1 aromatic heterocycles. The first kappa shape index (κ1) is 22.7. The van der Waals surface area contributed by atoms with Crippen molar-refractivity contribution in [2.24, 2.45) is 5.92 Å². The predicted octanol–water partition coefficient (Wildman–Crippen LogP) is 4.43. The number of nitrogens with zero attached hydrogens (tertiary/aromatic N) is 1. The van der Waals surface area contributed by atoms with E-state index in [4.69, 9.17) is 23.2 Å². The second-order valence-electron chi connectivity index (χ2n) is 7.38. The van der Waals surface area contributed by atoms with Gasteiger partial charge in [-0.25, -0.2) is 4.68 Å². The van der Waals surface area contributed by atoms with Crippen molar-refractivity contribution < 1.29 is 14.4 Å². The number of para-hydroxylation sites is 1. The van der Waals surface area contributed by atoms with Crippen molar-refractivity contribution >= 4 is 57.5 Å². The first-order valence-electron chi connectivity index (χ1n) is 9.72. The molecule has 2 aromatic carbocycles. The fourth-order valence-electron chi connectivity index (χ4n) is 2.93. The van der Waals surface area contributed by atoms with E-state index in [1.54, 1.807) is 48.5 Å². The summed E-state index contributed by atoms with van der Waals surface area (Å²) in [7, 11) is 0. The van der Waals surface area contributed by atoms with Crippen LogP contribution in [0, 0.1) is 5.92 Å². The first-order valence-corrected chi connectivity index (χ1v) is 10.5. The summed E-state index contributed by atoms with van der Waals surface area (Å²) in [6.45, 7) is 4.42. The summed E-state index contributed by atoms with van der Waals surface area (Å²) in [6, 6.07) is 13.3. The number of benzene rings is 2. The lowest BCUT2D eigenvalue weighted by Gasteiger charge is -2.13. The van der Waals surface area contributed by atoms with Crippen LogP contribution >= 0.6 is 23.2 Å². The lowest BCUT2D eigenvalue weighted by Crippen LogP contribution is -2.40. The molecule has 3 N–H and O–H groups in total. The molecule has 0 atom stereocenters. The van der Waals surface area contributed by atoms with Gasteiger partial charge in [-0.1, -0.05) is 49.2 Å². The third-order valence-electron chi connectivity index (χ3n) is 4.55. The maximum absolute atomic E-state index is 13.0. The molecule has 0 unspecified atom stereocenters. The Morgan fingerprint density at radius 1 is 1.00 bits per heavy atom. The van der Waals surface area contributed by atoms with E-state index in [-0.39, 0.29) is 5.69 Å². The van der Waals surface area contributed by atoms with Crippen LogP contribution in [0.15, 0.2) is 48.5 Å². The Morgan fingerprint density at radius 2 is 1.74 bits per heavy atom. The molecule has 3 aromatic rings. The second kappa shape index (κ2) is 9.85. The minimum absolute atomic E-state index is 0.112. The molecule has 162 valence electrons. The Balaban J connectivity index is 1.88. The van der Waals surface area contributed by atoms with E-state index in [0.717, 1.165) is 6.42 Å². The highest BCUT2D eigenvalue weighted by atomic mass is 35.5. The van der Waals surface area contributed by atoms with Crippen LogP contribution in [0.5, 0.6) is 0 Å². The average Bonchev–Trinajstić information content (AvgIpc) is 3.06. The van der Waals surface area contributed by atoms with E-state index in [2.05, 4.69) is 16.1 Å². The number of fused-ring (bicyclic) bond motifs is 1. The van der Waals surface area contributed by atoms with Crippen LogP contribution in [-0.2, 0) is 9.59 Å². The lowest BCUT2D eigenvalue weighted by atomic mass is 10.1. The summed E-state index contributed by atoms with van der Waals surface area (Å²) < 4.78 is 1.27. The fraction of sp³-hybridized carbons (Fsp3) is 0.227. The van der Waals surface area contributed by atoms with Crippen molar-refractivity contribution in [1.82, 2.24) is 9.99 Å². The largest absolute Gasteiger partial charge is 0.348 e. The maximum Gasteiger partial charge on any atom is 0.328 e. The monoisotopic (exact) mass is 460 g/mol. The van der Waals surface area contributed by atoms with Gasteiger partial charge in [0.1, 0.15) is 5.69 Å². The molecule has 0 fully saturated rings. The van der Waals surface area contributed by atoms with E-state index in [1.807, 2.05) is 13.8 Å². The Hall–Kier alpha value is -3.03. The molecule has 0 bridgehead atoms. The maximum atomic E-state index is 13.0. The molecular weight excluding hydrogens is 439 g/mol. The quantitative estimate of drug-likeness (QED) is 0.474. The Morgan fingerprint density at radius 3 is 2.45 bits per heavy atom. The minimum atomic E-state index is -0.886. The van der Waals surface area contributed by atoms with Crippen LogP contribution in [-0.4, -0.2) is 28.9 Å². The van der Waals surface area contributed by atoms with Gasteiger partial charge in [-0.15, -0.1) is 0 Å². The first-order chi connectivity index (χ1) is 14.8. The van der Waals surface area contributed by atoms with Gasteiger partial charge in [0.2, 0.25) is 0 Å². The van der Waals surface area contributed by atoms with Crippen molar-refractivity contribution in [3.63, 3.8) is 0 Å². The van der Waals surface area contributed by atoms with Gasteiger partial charge in [0.05, 0.1) is 16.2 Å². The topological polar surface area (TPSA) is 92.2 Å². The fourth-order valence-corrected chi connectivity index (χ4v) is 3.29. The predicted molar refractivity (Wildman–Crippen MR) is 123 cm³/mol. The van der Waals surface area contributed by atoms with Gasteiger partial charge >= 0.3 is 11.8 Å². The van der Waals surface area contributed by atoms with Gasteiger partial charge in [-0.05, 0) is 48.7 Å². The molecule has 0 radical (unpaired) electrons. The lowest BCUT2D eigenvalue weighted by molar-refractivity contribution is -0.136. The molecule has 0 aliphatic rings. The number of amides is 3. The van der Waals surface area contributed by atoms with Crippen LogP contribution in [0.4, 0.5) is 5.69 Å². The molecule has 31 heavy (non-hydrogen) atoms. The highest BCUT2D eigenvalue weighted by molar-refractivity contribution is 6.38. The standard InChI is InChI=1S/C22H22Cl2N4O3/c1-13(2)9-10-25-21(30)22(31)27-28-18-8-7-15(23)11-14(18)12-19(28)20(29)26-17-6-4-3-5-16(17)24/h3-8,11-13H,9-10H2,1-2H3,(H,25,30)(H,26,29)(H,27,31). The molecule has 7 nitrogen and oxygen atoms in total. The van der Waals surface area contributed by atoms with Crippen molar-refractivity contribution in [2.45, 2.75) is 20.3 Å². The second-order valence-corrected chi connectivity index (χ2v) is 8.23. The smallest absolute Gasteiger partial charge is 0.328 e. The molecule has 0 spiro atoms.